The van der Waals surface area contributed by atoms with Gasteiger partial charge >= 0.3 is 0 Å². The van der Waals surface area contributed by atoms with Crippen LogP contribution in [-0.4, -0.2) is 37.0 Å². The van der Waals surface area contributed by atoms with Gasteiger partial charge in [0, 0.05) is 6.54 Å². The van der Waals surface area contributed by atoms with Gasteiger partial charge in [0.25, 0.3) is 0 Å². The van der Waals surface area contributed by atoms with Gasteiger partial charge in [-0.1, -0.05) is 74.0 Å². The molecule has 0 spiro atoms. The van der Waals surface area contributed by atoms with Gasteiger partial charge in [0.15, 0.2) is 0 Å². The standard InChI is InChI=1S/C22H31NO2.ClH/c1-2-3-14-23-17-21(24)18-25-22(15-19-10-6-4-7-11-19)16-20-12-8-5-9-13-20;/h4-13,21-24H,2-3,14-18H2,1H3;1H. The molecule has 0 amide bonds. The van der Waals surface area contributed by atoms with Crippen LogP contribution in [0.4, 0.5) is 0 Å². The van der Waals surface area contributed by atoms with E-state index in [1.54, 1.807) is 0 Å². The molecule has 1 atom stereocenters. The van der Waals surface area contributed by atoms with Gasteiger partial charge in [0.05, 0.1) is 18.8 Å². The molecular weight excluding hydrogens is 346 g/mol. The molecule has 0 bridgehead atoms. The van der Waals surface area contributed by atoms with Crippen molar-refractivity contribution in [1.82, 2.24) is 5.32 Å². The average molecular weight is 378 g/mol. The molecular formula is C22H32ClNO2. The minimum absolute atomic E-state index is 0. The Hall–Kier alpha value is -1.39. The zero-order valence-electron chi connectivity index (χ0n) is 15.6. The van der Waals surface area contributed by atoms with E-state index in [1.807, 2.05) is 12.1 Å². The topological polar surface area (TPSA) is 41.5 Å². The number of unbranched alkanes of at least 4 members (excludes halogenated alkanes) is 1. The minimum atomic E-state index is -0.467. The van der Waals surface area contributed by atoms with E-state index in [4.69, 9.17) is 4.74 Å². The Kier molecular flexibility index (Phi) is 12.0. The molecule has 0 aliphatic carbocycles. The fourth-order valence-corrected chi connectivity index (χ4v) is 2.82. The molecule has 2 aromatic carbocycles. The number of aliphatic hydroxyl groups excluding tert-OH is 1. The van der Waals surface area contributed by atoms with Crippen LogP contribution < -0.4 is 5.32 Å². The average Bonchev–Trinajstić information content (AvgIpc) is 2.65. The van der Waals surface area contributed by atoms with Crippen molar-refractivity contribution in [3.05, 3.63) is 71.8 Å². The summed E-state index contributed by atoms with van der Waals surface area (Å²) in [7, 11) is 0. The van der Waals surface area contributed by atoms with Crippen molar-refractivity contribution in [3.63, 3.8) is 0 Å². The van der Waals surface area contributed by atoms with E-state index in [9.17, 15) is 5.11 Å². The number of nitrogens with one attached hydrogen (secondary N) is 1. The number of aliphatic hydroxyl groups is 1. The van der Waals surface area contributed by atoms with Crippen LogP contribution in [0.25, 0.3) is 0 Å². The Bertz CT molecular complexity index is 523. The van der Waals surface area contributed by atoms with Crippen LogP contribution in [0.3, 0.4) is 0 Å². The minimum Gasteiger partial charge on any atom is -0.389 e. The second kappa shape index (κ2) is 13.8. The number of hydrogen-bond acceptors (Lipinski definition) is 3. The Balaban J connectivity index is 0.00000338. The van der Waals surface area contributed by atoms with Gasteiger partial charge in [0.1, 0.15) is 0 Å². The second-order valence-electron chi connectivity index (χ2n) is 6.55. The van der Waals surface area contributed by atoms with Crippen molar-refractivity contribution >= 4 is 12.4 Å². The van der Waals surface area contributed by atoms with Gasteiger partial charge in [-0.25, -0.2) is 0 Å². The van der Waals surface area contributed by atoms with E-state index in [0.29, 0.717) is 13.2 Å². The van der Waals surface area contributed by atoms with Crippen molar-refractivity contribution in [2.45, 2.75) is 44.8 Å². The number of rotatable bonds is 12. The molecule has 0 aromatic heterocycles. The molecule has 26 heavy (non-hydrogen) atoms. The quantitative estimate of drug-likeness (QED) is 0.549. The summed E-state index contributed by atoms with van der Waals surface area (Å²) in [6, 6.07) is 20.8. The Morgan fingerprint density at radius 1 is 0.923 bits per heavy atom. The molecule has 4 heteroatoms. The molecule has 0 aliphatic heterocycles. The van der Waals surface area contributed by atoms with E-state index in [2.05, 4.69) is 60.8 Å². The number of halogens is 1. The lowest BCUT2D eigenvalue weighted by molar-refractivity contribution is -0.00805. The molecule has 0 heterocycles. The largest absolute Gasteiger partial charge is 0.389 e. The molecule has 0 fully saturated rings. The fraction of sp³-hybridized carbons (Fsp3) is 0.455. The maximum atomic E-state index is 10.1. The van der Waals surface area contributed by atoms with Gasteiger partial charge in [0.2, 0.25) is 0 Å². The highest BCUT2D eigenvalue weighted by Crippen LogP contribution is 2.12. The van der Waals surface area contributed by atoms with Gasteiger partial charge < -0.3 is 15.2 Å². The smallest absolute Gasteiger partial charge is 0.0897 e. The fourth-order valence-electron chi connectivity index (χ4n) is 2.82. The Morgan fingerprint density at radius 2 is 1.46 bits per heavy atom. The monoisotopic (exact) mass is 377 g/mol. The molecule has 144 valence electrons. The number of benzene rings is 2. The summed E-state index contributed by atoms with van der Waals surface area (Å²) in [6.45, 7) is 4.07. The summed E-state index contributed by atoms with van der Waals surface area (Å²) in [5.41, 5.74) is 2.53. The number of ether oxygens (including phenoxy) is 1. The first kappa shape index (κ1) is 22.7. The Morgan fingerprint density at radius 3 is 1.96 bits per heavy atom. The maximum absolute atomic E-state index is 10.1. The van der Waals surface area contributed by atoms with Crippen LogP contribution in [0.15, 0.2) is 60.7 Å². The molecule has 0 radical (unpaired) electrons. The van der Waals surface area contributed by atoms with Crippen molar-refractivity contribution in [1.29, 1.82) is 0 Å². The van der Waals surface area contributed by atoms with Crippen LogP contribution in [0.1, 0.15) is 30.9 Å². The zero-order chi connectivity index (χ0) is 17.7. The summed E-state index contributed by atoms with van der Waals surface area (Å²) in [4.78, 5) is 0. The van der Waals surface area contributed by atoms with Crippen molar-refractivity contribution < 1.29 is 9.84 Å². The van der Waals surface area contributed by atoms with E-state index in [-0.39, 0.29) is 18.5 Å². The molecule has 2 N–H and O–H groups in total. The second-order valence-corrected chi connectivity index (χ2v) is 6.55. The highest BCUT2D eigenvalue weighted by atomic mass is 35.5. The zero-order valence-corrected chi connectivity index (χ0v) is 16.5. The van der Waals surface area contributed by atoms with Crippen LogP contribution in [-0.2, 0) is 17.6 Å². The summed E-state index contributed by atoms with van der Waals surface area (Å²) in [5.74, 6) is 0. The van der Waals surface area contributed by atoms with Crippen molar-refractivity contribution in [2.24, 2.45) is 0 Å². The van der Waals surface area contributed by atoms with E-state index >= 15 is 0 Å². The maximum Gasteiger partial charge on any atom is 0.0897 e. The third-order valence-corrected chi connectivity index (χ3v) is 4.22. The van der Waals surface area contributed by atoms with Gasteiger partial charge in [-0.3, -0.25) is 0 Å². The van der Waals surface area contributed by atoms with Crippen LogP contribution >= 0.6 is 12.4 Å². The third kappa shape index (κ3) is 9.35. The predicted octanol–water partition coefficient (Wildman–Crippen LogP) is 4.03. The number of hydrogen-bond donors (Lipinski definition) is 2. The lowest BCUT2D eigenvalue weighted by Gasteiger charge is -2.21. The Labute approximate surface area is 164 Å². The molecule has 0 saturated carbocycles. The van der Waals surface area contributed by atoms with E-state index in [1.165, 1.54) is 11.1 Å². The van der Waals surface area contributed by atoms with E-state index < -0.39 is 6.10 Å². The molecule has 0 aliphatic rings. The predicted molar refractivity (Wildman–Crippen MR) is 111 cm³/mol. The SMILES string of the molecule is CCCCNCC(O)COC(Cc1ccccc1)Cc1ccccc1.Cl. The molecule has 2 rings (SSSR count). The first-order valence-electron chi connectivity index (χ1n) is 9.36. The normalized spacial score (nSPS) is 12.0. The highest BCUT2D eigenvalue weighted by molar-refractivity contribution is 5.85. The summed E-state index contributed by atoms with van der Waals surface area (Å²) in [5, 5.41) is 13.4. The third-order valence-electron chi connectivity index (χ3n) is 4.22. The van der Waals surface area contributed by atoms with Gasteiger partial charge in [-0.15, -0.1) is 12.4 Å². The van der Waals surface area contributed by atoms with Crippen molar-refractivity contribution in [3.8, 4) is 0 Å². The summed E-state index contributed by atoms with van der Waals surface area (Å²) < 4.78 is 6.08. The lowest BCUT2D eigenvalue weighted by atomic mass is 10.0. The summed E-state index contributed by atoms with van der Waals surface area (Å²) in [6.07, 6.45) is 3.60. The molecule has 3 nitrogen and oxygen atoms in total. The molecule has 2 aromatic rings. The van der Waals surface area contributed by atoms with Crippen LogP contribution in [0.5, 0.6) is 0 Å². The van der Waals surface area contributed by atoms with Crippen molar-refractivity contribution in [2.75, 3.05) is 19.7 Å². The molecule has 0 saturated heterocycles. The summed E-state index contributed by atoms with van der Waals surface area (Å²) >= 11 is 0. The molecule has 1 unspecified atom stereocenters. The van der Waals surface area contributed by atoms with Crippen LogP contribution in [0, 0.1) is 0 Å². The van der Waals surface area contributed by atoms with Crippen LogP contribution in [0.2, 0.25) is 0 Å². The van der Waals surface area contributed by atoms with Gasteiger partial charge in [-0.2, -0.15) is 0 Å². The van der Waals surface area contributed by atoms with E-state index in [0.717, 1.165) is 32.2 Å². The lowest BCUT2D eigenvalue weighted by Crippen LogP contribution is -2.33. The first-order valence-corrected chi connectivity index (χ1v) is 9.36. The van der Waals surface area contributed by atoms with Gasteiger partial charge in [-0.05, 0) is 36.9 Å². The highest BCUT2D eigenvalue weighted by Gasteiger charge is 2.14. The first-order chi connectivity index (χ1) is 12.3.